The van der Waals surface area contributed by atoms with E-state index in [4.69, 9.17) is 5.73 Å². The number of thiazole rings is 1. The van der Waals surface area contributed by atoms with Gasteiger partial charge in [0.1, 0.15) is 0 Å². The number of amides is 1. The lowest BCUT2D eigenvalue weighted by molar-refractivity contribution is -0.137. The van der Waals surface area contributed by atoms with Gasteiger partial charge in [-0.2, -0.15) is 13.2 Å². The Balaban J connectivity index is 1.36. The topological polar surface area (TPSA) is 80.0 Å². The first kappa shape index (κ1) is 20.4. The van der Waals surface area contributed by atoms with Crippen molar-refractivity contribution >= 4 is 28.1 Å². The van der Waals surface area contributed by atoms with E-state index in [-0.39, 0.29) is 11.9 Å². The van der Waals surface area contributed by atoms with Gasteiger partial charge >= 0.3 is 6.18 Å². The summed E-state index contributed by atoms with van der Waals surface area (Å²) in [4.78, 5) is 16.8. The number of nitrogens with two attached hydrogens (primary N) is 1. The predicted octanol–water partition coefficient (Wildman–Crippen LogP) is 4.31. The fraction of sp³-hybridized carbons (Fsp3) is 0.238. The molecule has 4 N–H and O–H groups in total. The van der Waals surface area contributed by atoms with Crippen LogP contribution in [0.25, 0.3) is 10.4 Å². The number of benzene rings is 2. The fourth-order valence-corrected chi connectivity index (χ4v) is 4.16. The molecular weight excluding hydrogens is 413 g/mol. The van der Waals surface area contributed by atoms with Crippen molar-refractivity contribution in [2.45, 2.75) is 25.1 Å². The highest BCUT2D eigenvalue weighted by Crippen LogP contribution is 2.33. The minimum absolute atomic E-state index is 0.0106. The number of anilines is 2. The molecule has 0 aliphatic carbocycles. The van der Waals surface area contributed by atoms with Gasteiger partial charge in [-0.05, 0) is 41.3 Å². The predicted molar refractivity (Wildman–Crippen MR) is 111 cm³/mol. The van der Waals surface area contributed by atoms with E-state index >= 15 is 0 Å². The molecule has 1 aliphatic rings. The van der Waals surface area contributed by atoms with E-state index in [1.54, 1.807) is 12.3 Å². The van der Waals surface area contributed by atoms with Crippen LogP contribution in [0.3, 0.4) is 0 Å². The zero-order chi connectivity index (χ0) is 21.3. The monoisotopic (exact) mass is 432 g/mol. The molecule has 1 amide bonds. The van der Waals surface area contributed by atoms with Gasteiger partial charge in [-0.3, -0.25) is 4.79 Å². The molecule has 30 heavy (non-hydrogen) atoms. The number of aromatic nitrogens is 1. The summed E-state index contributed by atoms with van der Waals surface area (Å²) < 4.78 is 38.5. The lowest BCUT2D eigenvalue weighted by atomic mass is 10.0. The third kappa shape index (κ3) is 4.63. The number of nitrogens with zero attached hydrogens (tertiary/aromatic N) is 1. The van der Waals surface area contributed by atoms with Gasteiger partial charge in [-0.15, -0.1) is 0 Å². The number of carbonyl (C=O) groups excluding carboxylic acids is 1. The van der Waals surface area contributed by atoms with Crippen LogP contribution >= 0.6 is 11.3 Å². The fourth-order valence-electron chi connectivity index (χ4n) is 3.34. The van der Waals surface area contributed by atoms with Gasteiger partial charge in [0.2, 0.25) is 5.91 Å². The minimum Gasteiger partial charge on any atom is -0.360 e. The Morgan fingerprint density at radius 1 is 1.23 bits per heavy atom. The van der Waals surface area contributed by atoms with Crippen LogP contribution in [-0.4, -0.2) is 23.5 Å². The summed E-state index contributed by atoms with van der Waals surface area (Å²) >= 11 is 1.45. The van der Waals surface area contributed by atoms with Crippen LogP contribution in [0.5, 0.6) is 0 Å². The van der Waals surface area contributed by atoms with Crippen LogP contribution in [-0.2, 0) is 23.8 Å². The van der Waals surface area contributed by atoms with E-state index in [1.807, 2.05) is 18.2 Å². The summed E-state index contributed by atoms with van der Waals surface area (Å²) in [5.74, 6) is -0.0106. The minimum atomic E-state index is -4.36. The first-order valence-electron chi connectivity index (χ1n) is 9.32. The second-order valence-corrected chi connectivity index (χ2v) is 8.20. The Kier molecular flexibility index (Phi) is 5.48. The SMILES string of the molecule is NC(CNc1ncc(-c2ccc3c(c2)CC(=O)N3)s1)Cc1cccc(C(F)(F)F)c1. The van der Waals surface area contributed by atoms with Crippen molar-refractivity contribution in [3.63, 3.8) is 0 Å². The Morgan fingerprint density at radius 3 is 2.87 bits per heavy atom. The number of nitrogens with one attached hydrogen (secondary N) is 2. The summed E-state index contributed by atoms with van der Waals surface area (Å²) in [6.45, 7) is 0.381. The van der Waals surface area contributed by atoms with Crippen molar-refractivity contribution in [1.82, 2.24) is 4.98 Å². The quantitative estimate of drug-likeness (QED) is 0.543. The second kappa shape index (κ2) is 8.08. The maximum Gasteiger partial charge on any atom is 0.416 e. The molecule has 1 aromatic heterocycles. The zero-order valence-corrected chi connectivity index (χ0v) is 16.6. The number of hydrogen-bond donors (Lipinski definition) is 3. The zero-order valence-electron chi connectivity index (χ0n) is 15.8. The molecule has 1 atom stereocenters. The van der Waals surface area contributed by atoms with Gasteiger partial charge in [0.05, 0.1) is 16.9 Å². The Morgan fingerprint density at radius 2 is 2.07 bits per heavy atom. The molecule has 9 heteroatoms. The van der Waals surface area contributed by atoms with E-state index in [0.29, 0.717) is 30.1 Å². The number of hydrogen-bond acceptors (Lipinski definition) is 5. The van der Waals surface area contributed by atoms with Gasteiger partial charge in [-0.1, -0.05) is 35.6 Å². The molecule has 0 saturated heterocycles. The summed E-state index contributed by atoms with van der Waals surface area (Å²) in [7, 11) is 0. The molecule has 0 spiro atoms. The molecule has 3 aromatic rings. The Hall–Kier alpha value is -2.91. The van der Waals surface area contributed by atoms with E-state index in [0.717, 1.165) is 33.8 Å². The van der Waals surface area contributed by atoms with Gasteiger partial charge < -0.3 is 16.4 Å². The number of rotatable bonds is 6. The summed E-state index contributed by atoms with van der Waals surface area (Å²) in [6, 6.07) is 10.6. The highest BCUT2D eigenvalue weighted by Gasteiger charge is 2.30. The van der Waals surface area contributed by atoms with E-state index < -0.39 is 11.7 Å². The molecule has 1 unspecified atom stereocenters. The van der Waals surface area contributed by atoms with Crippen LogP contribution < -0.4 is 16.4 Å². The molecule has 0 bridgehead atoms. The Bertz CT molecular complexity index is 1080. The van der Waals surface area contributed by atoms with Crippen molar-refractivity contribution in [3.8, 4) is 10.4 Å². The molecular formula is C21H19F3N4OS. The summed E-state index contributed by atoms with van der Waals surface area (Å²) in [5, 5.41) is 6.64. The van der Waals surface area contributed by atoms with Crippen LogP contribution in [0.4, 0.5) is 24.0 Å². The molecule has 156 valence electrons. The van der Waals surface area contributed by atoms with Crippen LogP contribution in [0.1, 0.15) is 16.7 Å². The lowest BCUT2D eigenvalue weighted by Gasteiger charge is -2.14. The molecule has 0 saturated carbocycles. The largest absolute Gasteiger partial charge is 0.416 e. The van der Waals surface area contributed by atoms with Crippen LogP contribution in [0.15, 0.2) is 48.7 Å². The van der Waals surface area contributed by atoms with Crippen molar-refractivity contribution in [1.29, 1.82) is 0 Å². The number of halogens is 3. The maximum absolute atomic E-state index is 12.8. The average molecular weight is 432 g/mol. The highest BCUT2D eigenvalue weighted by atomic mass is 32.1. The van der Waals surface area contributed by atoms with Crippen molar-refractivity contribution in [3.05, 3.63) is 65.4 Å². The van der Waals surface area contributed by atoms with Crippen molar-refractivity contribution in [2.24, 2.45) is 5.73 Å². The number of alkyl halides is 3. The first-order chi connectivity index (χ1) is 14.3. The van der Waals surface area contributed by atoms with Gasteiger partial charge in [0.25, 0.3) is 0 Å². The van der Waals surface area contributed by atoms with Gasteiger partial charge in [-0.25, -0.2) is 4.98 Å². The summed E-state index contributed by atoms with van der Waals surface area (Å²) in [5.41, 5.74) is 8.75. The molecule has 5 nitrogen and oxygen atoms in total. The molecule has 0 radical (unpaired) electrons. The van der Waals surface area contributed by atoms with E-state index in [9.17, 15) is 18.0 Å². The van der Waals surface area contributed by atoms with Gasteiger partial charge in [0.15, 0.2) is 5.13 Å². The normalized spacial score (nSPS) is 14.3. The maximum atomic E-state index is 12.8. The third-order valence-electron chi connectivity index (χ3n) is 4.79. The third-order valence-corrected chi connectivity index (χ3v) is 5.79. The van der Waals surface area contributed by atoms with E-state index in [1.165, 1.54) is 17.4 Å². The summed E-state index contributed by atoms with van der Waals surface area (Å²) in [6.07, 6.45) is -1.92. The highest BCUT2D eigenvalue weighted by molar-refractivity contribution is 7.18. The first-order valence-corrected chi connectivity index (χ1v) is 10.1. The average Bonchev–Trinajstić information content (AvgIpc) is 3.31. The van der Waals surface area contributed by atoms with E-state index in [2.05, 4.69) is 15.6 Å². The molecule has 2 heterocycles. The second-order valence-electron chi connectivity index (χ2n) is 7.17. The standard InChI is InChI=1S/C21H19F3N4OS/c22-21(23,24)15-3-1-2-12(6-15)7-16(25)10-26-20-27-11-18(30-20)13-4-5-17-14(8-13)9-19(29)28-17/h1-6,8,11,16H,7,9-10,25H2,(H,26,27)(H,28,29). The van der Waals surface area contributed by atoms with Crippen LogP contribution in [0.2, 0.25) is 0 Å². The van der Waals surface area contributed by atoms with Crippen molar-refractivity contribution < 1.29 is 18.0 Å². The molecule has 4 rings (SSSR count). The molecule has 0 fully saturated rings. The smallest absolute Gasteiger partial charge is 0.360 e. The number of fused-ring (bicyclic) bond motifs is 1. The lowest BCUT2D eigenvalue weighted by Crippen LogP contribution is -2.31. The van der Waals surface area contributed by atoms with Crippen LogP contribution in [0, 0.1) is 0 Å². The van der Waals surface area contributed by atoms with Gasteiger partial charge in [0, 0.05) is 24.5 Å². The van der Waals surface area contributed by atoms with Crippen molar-refractivity contribution in [2.75, 3.05) is 17.2 Å². The number of carbonyl (C=O) groups is 1. The molecule has 2 aromatic carbocycles. The molecule has 1 aliphatic heterocycles. The Labute approximate surface area is 175 Å².